The van der Waals surface area contributed by atoms with Gasteiger partial charge in [0.1, 0.15) is 0 Å². The minimum Gasteiger partial charge on any atom is -0.350 e. The van der Waals surface area contributed by atoms with Gasteiger partial charge in [0.25, 0.3) is 0 Å². The molecule has 3 aromatic rings. The van der Waals surface area contributed by atoms with Gasteiger partial charge in [-0.15, -0.1) is 0 Å². The molecule has 0 spiro atoms. The SMILES string of the molecule is CC(CC(=O)NC(C)c1ccc2ccccc2c1)c1ccccc1. The Morgan fingerprint density at radius 2 is 1.50 bits per heavy atom. The second kappa shape index (κ2) is 7.31. The van der Waals surface area contributed by atoms with Crippen molar-refractivity contribution in [2.24, 2.45) is 0 Å². The Kier molecular flexibility index (Phi) is 4.95. The molecule has 1 amide bonds. The highest BCUT2D eigenvalue weighted by molar-refractivity contribution is 5.83. The molecule has 3 aromatic carbocycles. The largest absolute Gasteiger partial charge is 0.350 e. The Morgan fingerprint density at radius 1 is 0.833 bits per heavy atom. The Hall–Kier alpha value is -2.61. The summed E-state index contributed by atoms with van der Waals surface area (Å²) in [6.07, 6.45) is 0.502. The Morgan fingerprint density at radius 3 is 2.25 bits per heavy atom. The van der Waals surface area contributed by atoms with Crippen molar-refractivity contribution in [3.05, 3.63) is 83.9 Å². The molecular formula is C22H23NO. The zero-order valence-corrected chi connectivity index (χ0v) is 14.2. The molecule has 1 N–H and O–H groups in total. The zero-order chi connectivity index (χ0) is 16.9. The van der Waals surface area contributed by atoms with Gasteiger partial charge in [-0.25, -0.2) is 0 Å². The maximum atomic E-state index is 12.4. The maximum Gasteiger partial charge on any atom is 0.221 e. The van der Waals surface area contributed by atoms with E-state index in [0.717, 1.165) is 5.56 Å². The second-order valence-electron chi connectivity index (χ2n) is 6.41. The Bertz CT molecular complexity index is 826. The topological polar surface area (TPSA) is 29.1 Å². The number of rotatable bonds is 5. The summed E-state index contributed by atoms with van der Waals surface area (Å²) >= 11 is 0. The van der Waals surface area contributed by atoms with Gasteiger partial charge in [0.15, 0.2) is 0 Å². The molecule has 3 rings (SSSR count). The van der Waals surface area contributed by atoms with Crippen LogP contribution < -0.4 is 5.32 Å². The summed E-state index contributed by atoms with van der Waals surface area (Å²) in [4.78, 5) is 12.4. The van der Waals surface area contributed by atoms with E-state index in [-0.39, 0.29) is 17.9 Å². The second-order valence-corrected chi connectivity index (χ2v) is 6.41. The van der Waals surface area contributed by atoms with E-state index in [2.05, 4.69) is 54.7 Å². The lowest BCUT2D eigenvalue weighted by molar-refractivity contribution is -0.122. The first-order valence-corrected chi connectivity index (χ1v) is 8.46. The lowest BCUT2D eigenvalue weighted by Crippen LogP contribution is -2.27. The predicted octanol–water partition coefficient (Wildman–Crippen LogP) is 5.21. The number of amides is 1. The fraction of sp³-hybridized carbons (Fsp3) is 0.227. The Labute approximate surface area is 143 Å². The van der Waals surface area contributed by atoms with E-state index < -0.39 is 0 Å². The van der Waals surface area contributed by atoms with Crippen LogP contribution in [0.3, 0.4) is 0 Å². The van der Waals surface area contributed by atoms with E-state index in [1.807, 2.05) is 37.3 Å². The fourth-order valence-electron chi connectivity index (χ4n) is 3.04. The first-order valence-electron chi connectivity index (χ1n) is 8.46. The molecule has 2 heteroatoms. The molecule has 0 radical (unpaired) electrons. The third kappa shape index (κ3) is 3.83. The van der Waals surface area contributed by atoms with E-state index >= 15 is 0 Å². The number of carbonyl (C=O) groups excluding carboxylic acids is 1. The normalized spacial score (nSPS) is 13.4. The van der Waals surface area contributed by atoms with Crippen molar-refractivity contribution in [1.82, 2.24) is 5.32 Å². The summed E-state index contributed by atoms with van der Waals surface area (Å²) in [6.45, 7) is 4.13. The molecule has 0 aliphatic rings. The minimum atomic E-state index is 0.00470. The molecule has 0 aliphatic heterocycles. The van der Waals surface area contributed by atoms with Crippen LogP contribution in [-0.4, -0.2) is 5.91 Å². The van der Waals surface area contributed by atoms with Crippen molar-refractivity contribution in [3.63, 3.8) is 0 Å². The maximum absolute atomic E-state index is 12.4. The van der Waals surface area contributed by atoms with Crippen LogP contribution in [0, 0.1) is 0 Å². The number of fused-ring (bicyclic) bond motifs is 1. The van der Waals surface area contributed by atoms with E-state index in [9.17, 15) is 4.79 Å². The van der Waals surface area contributed by atoms with Crippen molar-refractivity contribution in [2.45, 2.75) is 32.2 Å². The summed E-state index contributed by atoms with van der Waals surface area (Å²) in [5, 5.41) is 5.55. The number of nitrogens with one attached hydrogen (secondary N) is 1. The molecule has 0 aliphatic carbocycles. The first kappa shape index (κ1) is 16.3. The van der Waals surface area contributed by atoms with Crippen LogP contribution in [0.25, 0.3) is 10.8 Å². The Balaban J connectivity index is 1.64. The number of hydrogen-bond donors (Lipinski definition) is 1. The van der Waals surface area contributed by atoms with Crippen molar-refractivity contribution >= 4 is 16.7 Å². The van der Waals surface area contributed by atoms with Crippen molar-refractivity contribution < 1.29 is 4.79 Å². The molecular weight excluding hydrogens is 294 g/mol. The molecule has 2 unspecified atom stereocenters. The van der Waals surface area contributed by atoms with Gasteiger partial charge in [-0.05, 0) is 40.8 Å². The molecule has 122 valence electrons. The molecule has 2 nitrogen and oxygen atoms in total. The molecule has 0 saturated heterocycles. The number of hydrogen-bond acceptors (Lipinski definition) is 1. The number of benzene rings is 3. The standard InChI is InChI=1S/C22H23NO/c1-16(18-8-4-3-5-9-18)14-22(24)23-17(2)20-13-12-19-10-6-7-11-21(19)15-20/h3-13,15-17H,14H2,1-2H3,(H,23,24). The van der Waals surface area contributed by atoms with Gasteiger partial charge in [-0.1, -0.05) is 73.7 Å². The smallest absolute Gasteiger partial charge is 0.221 e. The van der Waals surface area contributed by atoms with Gasteiger partial charge in [-0.2, -0.15) is 0 Å². The van der Waals surface area contributed by atoms with Crippen LogP contribution in [0.4, 0.5) is 0 Å². The molecule has 0 aromatic heterocycles. The van der Waals surface area contributed by atoms with Crippen LogP contribution in [0.2, 0.25) is 0 Å². The fourth-order valence-corrected chi connectivity index (χ4v) is 3.04. The summed E-state index contributed by atoms with van der Waals surface area (Å²) in [7, 11) is 0. The molecule has 0 heterocycles. The quantitative estimate of drug-likeness (QED) is 0.687. The highest BCUT2D eigenvalue weighted by Crippen LogP contribution is 2.22. The third-order valence-corrected chi connectivity index (χ3v) is 4.51. The van der Waals surface area contributed by atoms with Gasteiger partial charge in [0.2, 0.25) is 5.91 Å². The number of carbonyl (C=O) groups is 1. The van der Waals surface area contributed by atoms with Crippen LogP contribution in [0.1, 0.15) is 43.4 Å². The molecule has 0 fully saturated rings. The van der Waals surface area contributed by atoms with Crippen LogP contribution in [0.15, 0.2) is 72.8 Å². The van der Waals surface area contributed by atoms with Gasteiger partial charge < -0.3 is 5.32 Å². The van der Waals surface area contributed by atoms with Crippen molar-refractivity contribution in [2.75, 3.05) is 0 Å². The van der Waals surface area contributed by atoms with E-state index in [1.54, 1.807) is 0 Å². The average molecular weight is 317 g/mol. The van der Waals surface area contributed by atoms with Gasteiger partial charge in [0.05, 0.1) is 6.04 Å². The molecule has 2 atom stereocenters. The molecule has 0 saturated carbocycles. The van der Waals surface area contributed by atoms with E-state index in [0.29, 0.717) is 6.42 Å². The highest BCUT2D eigenvalue weighted by atomic mass is 16.1. The average Bonchev–Trinajstić information content (AvgIpc) is 2.61. The summed E-state index contributed by atoms with van der Waals surface area (Å²) < 4.78 is 0. The van der Waals surface area contributed by atoms with Gasteiger partial charge in [0, 0.05) is 6.42 Å². The van der Waals surface area contributed by atoms with Crippen LogP contribution in [-0.2, 0) is 4.79 Å². The van der Waals surface area contributed by atoms with Crippen molar-refractivity contribution in [1.29, 1.82) is 0 Å². The lowest BCUT2D eigenvalue weighted by atomic mass is 9.97. The lowest BCUT2D eigenvalue weighted by Gasteiger charge is -2.17. The molecule has 24 heavy (non-hydrogen) atoms. The monoisotopic (exact) mass is 317 g/mol. The van der Waals surface area contributed by atoms with Crippen molar-refractivity contribution in [3.8, 4) is 0 Å². The van der Waals surface area contributed by atoms with Gasteiger partial charge in [-0.3, -0.25) is 4.79 Å². The van der Waals surface area contributed by atoms with Crippen LogP contribution in [0.5, 0.6) is 0 Å². The summed E-state index contributed by atoms with van der Waals surface area (Å²) in [5.41, 5.74) is 2.33. The van der Waals surface area contributed by atoms with E-state index in [4.69, 9.17) is 0 Å². The zero-order valence-electron chi connectivity index (χ0n) is 14.2. The first-order chi connectivity index (χ1) is 11.6. The summed E-state index contributed by atoms with van der Waals surface area (Å²) in [5.74, 6) is 0.307. The minimum absolute atomic E-state index is 0.00470. The highest BCUT2D eigenvalue weighted by Gasteiger charge is 2.14. The van der Waals surface area contributed by atoms with Gasteiger partial charge >= 0.3 is 0 Å². The van der Waals surface area contributed by atoms with Crippen LogP contribution >= 0.6 is 0 Å². The molecule has 0 bridgehead atoms. The summed E-state index contributed by atoms with van der Waals surface area (Å²) in [6, 6.07) is 24.8. The predicted molar refractivity (Wildman–Crippen MR) is 100.0 cm³/mol. The third-order valence-electron chi connectivity index (χ3n) is 4.51. The van der Waals surface area contributed by atoms with E-state index in [1.165, 1.54) is 16.3 Å².